The third-order valence-electron chi connectivity index (χ3n) is 2.94. The van der Waals surface area contributed by atoms with E-state index in [0.29, 0.717) is 23.2 Å². The summed E-state index contributed by atoms with van der Waals surface area (Å²) in [6.45, 7) is 2.01. The number of rotatable bonds is 3. The Balaban J connectivity index is 2.07. The van der Waals surface area contributed by atoms with Crippen molar-refractivity contribution in [1.29, 1.82) is 5.26 Å². The van der Waals surface area contributed by atoms with Crippen LogP contribution in [0.1, 0.15) is 27.0 Å². The molecule has 2 aromatic rings. The number of halogens is 1. The number of nitriles is 1. The smallest absolute Gasteiger partial charge is 0.251 e. The van der Waals surface area contributed by atoms with Crippen LogP contribution in [0, 0.1) is 24.1 Å². The Labute approximate surface area is 116 Å². The summed E-state index contributed by atoms with van der Waals surface area (Å²) in [5, 5.41) is 11.6. The van der Waals surface area contributed by atoms with Crippen molar-refractivity contribution in [3.05, 3.63) is 70.5 Å². The molecule has 100 valence electrons. The molecule has 0 atom stereocenters. The predicted molar refractivity (Wildman–Crippen MR) is 73.5 cm³/mol. The molecule has 0 heterocycles. The number of aryl methyl sites for hydroxylation is 1. The van der Waals surface area contributed by atoms with Gasteiger partial charge in [-0.1, -0.05) is 12.1 Å². The van der Waals surface area contributed by atoms with Crippen molar-refractivity contribution in [1.82, 2.24) is 5.32 Å². The van der Waals surface area contributed by atoms with Gasteiger partial charge in [-0.15, -0.1) is 0 Å². The van der Waals surface area contributed by atoms with E-state index in [1.807, 2.05) is 12.1 Å². The first-order valence-corrected chi connectivity index (χ1v) is 6.13. The molecule has 0 aliphatic rings. The fourth-order valence-electron chi connectivity index (χ4n) is 1.91. The van der Waals surface area contributed by atoms with Crippen molar-refractivity contribution in [2.45, 2.75) is 13.5 Å². The number of benzene rings is 2. The number of carbonyl (C=O) groups excluding carboxylic acids is 1. The third-order valence-corrected chi connectivity index (χ3v) is 2.94. The van der Waals surface area contributed by atoms with Gasteiger partial charge in [-0.2, -0.15) is 5.26 Å². The van der Waals surface area contributed by atoms with Gasteiger partial charge in [0.25, 0.3) is 5.91 Å². The zero-order chi connectivity index (χ0) is 14.5. The molecular weight excluding hydrogens is 255 g/mol. The lowest BCUT2D eigenvalue weighted by atomic mass is 10.1. The zero-order valence-corrected chi connectivity index (χ0v) is 11.0. The Morgan fingerprint density at radius 2 is 2.10 bits per heavy atom. The third kappa shape index (κ3) is 3.21. The molecule has 0 aliphatic carbocycles. The standard InChI is InChI=1S/C16H13FN2O/c1-11-7-14(17)5-6-15(11)16(20)19-10-13-4-2-3-12(8-13)9-18/h2-8H,10H2,1H3,(H,19,20). The van der Waals surface area contributed by atoms with Crippen LogP contribution in [0.3, 0.4) is 0 Å². The molecule has 0 saturated carbocycles. The van der Waals surface area contributed by atoms with E-state index in [1.165, 1.54) is 18.2 Å². The summed E-state index contributed by atoms with van der Waals surface area (Å²) in [5.74, 6) is -0.620. The highest BCUT2D eigenvalue weighted by atomic mass is 19.1. The average Bonchev–Trinajstić information content (AvgIpc) is 2.45. The van der Waals surface area contributed by atoms with Gasteiger partial charge in [-0.3, -0.25) is 4.79 Å². The molecule has 0 bridgehead atoms. The molecule has 20 heavy (non-hydrogen) atoms. The van der Waals surface area contributed by atoms with Crippen molar-refractivity contribution >= 4 is 5.91 Å². The maximum atomic E-state index is 13.0. The van der Waals surface area contributed by atoms with E-state index in [9.17, 15) is 9.18 Å². The second-order valence-electron chi connectivity index (χ2n) is 4.45. The largest absolute Gasteiger partial charge is 0.348 e. The van der Waals surface area contributed by atoms with Gasteiger partial charge in [0.05, 0.1) is 11.6 Å². The Hall–Kier alpha value is -2.67. The molecule has 1 N–H and O–H groups in total. The molecular formula is C16H13FN2O. The molecule has 0 saturated heterocycles. The van der Waals surface area contributed by atoms with Crippen LogP contribution in [0.4, 0.5) is 4.39 Å². The van der Waals surface area contributed by atoms with Crippen molar-refractivity contribution in [3.63, 3.8) is 0 Å². The molecule has 0 radical (unpaired) electrons. The first-order valence-electron chi connectivity index (χ1n) is 6.13. The first kappa shape index (κ1) is 13.8. The zero-order valence-electron chi connectivity index (χ0n) is 11.0. The van der Waals surface area contributed by atoms with Crippen LogP contribution in [0.5, 0.6) is 0 Å². The topological polar surface area (TPSA) is 52.9 Å². The molecule has 4 heteroatoms. The van der Waals surface area contributed by atoms with E-state index in [-0.39, 0.29) is 11.7 Å². The molecule has 2 aromatic carbocycles. The van der Waals surface area contributed by atoms with Crippen LogP contribution in [-0.4, -0.2) is 5.91 Å². The van der Waals surface area contributed by atoms with Crippen molar-refractivity contribution in [2.75, 3.05) is 0 Å². The lowest BCUT2D eigenvalue weighted by molar-refractivity contribution is 0.0950. The summed E-state index contributed by atoms with van der Waals surface area (Å²) in [5.41, 5.74) is 2.43. The minimum Gasteiger partial charge on any atom is -0.348 e. The fourth-order valence-corrected chi connectivity index (χ4v) is 1.91. The Morgan fingerprint density at radius 3 is 2.80 bits per heavy atom. The minimum absolute atomic E-state index is 0.259. The molecule has 0 unspecified atom stereocenters. The van der Waals surface area contributed by atoms with E-state index < -0.39 is 0 Å². The Kier molecular flexibility index (Phi) is 4.11. The Bertz CT molecular complexity index is 689. The monoisotopic (exact) mass is 268 g/mol. The van der Waals surface area contributed by atoms with E-state index >= 15 is 0 Å². The number of nitrogens with one attached hydrogen (secondary N) is 1. The van der Waals surface area contributed by atoms with Gasteiger partial charge in [0.2, 0.25) is 0 Å². The highest BCUT2D eigenvalue weighted by Crippen LogP contribution is 2.10. The lowest BCUT2D eigenvalue weighted by Crippen LogP contribution is -2.23. The van der Waals surface area contributed by atoms with Gasteiger partial charge < -0.3 is 5.32 Å². The molecule has 3 nitrogen and oxygen atoms in total. The van der Waals surface area contributed by atoms with Crippen molar-refractivity contribution in [3.8, 4) is 6.07 Å². The summed E-state index contributed by atoms with van der Waals surface area (Å²) < 4.78 is 13.0. The first-order chi connectivity index (χ1) is 9.60. The maximum Gasteiger partial charge on any atom is 0.251 e. The molecule has 0 aliphatic heterocycles. The van der Waals surface area contributed by atoms with Gasteiger partial charge in [0.1, 0.15) is 5.82 Å². The summed E-state index contributed by atoms with van der Waals surface area (Å²) in [6, 6.07) is 13.1. The molecule has 0 fully saturated rings. The number of hydrogen-bond donors (Lipinski definition) is 1. The molecule has 1 amide bonds. The molecule has 2 rings (SSSR count). The number of hydrogen-bond acceptors (Lipinski definition) is 2. The predicted octanol–water partition coefficient (Wildman–Crippen LogP) is 2.94. The quantitative estimate of drug-likeness (QED) is 0.930. The second kappa shape index (κ2) is 5.98. The molecule has 0 spiro atoms. The van der Waals surface area contributed by atoms with Crippen LogP contribution in [0.2, 0.25) is 0 Å². The van der Waals surface area contributed by atoms with Crippen LogP contribution < -0.4 is 5.32 Å². The number of carbonyl (C=O) groups is 1. The van der Waals surface area contributed by atoms with Crippen LogP contribution in [0.15, 0.2) is 42.5 Å². The van der Waals surface area contributed by atoms with Gasteiger partial charge in [-0.25, -0.2) is 4.39 Å². The normalized spacial score (nSPS) is 9.85. The Morgan fingerprint density at radius 1 is 1.30 bits per heavy atom. The number of nitrogens with zero attached hydrogens (tertiary/aromatic N) is 1. The van der Waals surface area contributed by atoms with Gasteiger partial charge in [0, 0.05) is 12.1 Å². The lowest BCUT2D eigenvalue weighted by Gasteiger charge is -2.08. The summed E-state index contributed by atoms with van der Waals surface area (Å²) in [6.07, 6.45) is 0. The van der Waals surface area contributed by atoms with E-state index in [0.717, 1.165) is 5.56 Å². The maximum absolute atomic E-state index is 13.0. The highest BCUT2D eigenvalue weighted by Gasteiger charge is 2.09. The second-order valence-corrected chi connectivity index (χ2v) is 4.45. The average molecular weight is 268 g/mol. The van der Waals surface area contributed by atoms with Gasteiger partial charge in [0.15, 0.2) is 0 Å². The van der Waals surface area contributed by atoms with Crippen molar-refractivity contribution < 1.29 is 9.18 Å². The van der Waals surface area contributed by atoms with Crippen LogP contribution >= 0.6 is 0 Å². The van der Waals surface area contributed by atoms with Crippen LogP contribution in [-0.2, 0) is 6.54 Å². The molecule has 0 aromatic heterocycles. The van der Waals surface area contributed by atoms with Crippen LogP contribution in [0.25, 0.3) is 0 Å². The summed E-state index contributed by atoms with van der Waals surface area (Å²) in [4.78, 5) is 12.0. The van der Waals surface area contributed by atoms with Crippen molar-refractivity contribution in [2.24, 2.45) is 0 Å². The fraction of sp³-hybridized carbons (Fsp3) is 0.125. The van der Waals surface area contributed by atoms with Gasteiger partial charge >= 0.3 is 0 Å². The van der Waals surface area contributed by atoms with E-state index in [2.05, 4.69) is 5.32 Å². The minimum atomic E-state index is -0.360. The van der Waals surface area contributed by atoms with E-state index in [1.54, 1.807) is 25.1 Å². The van der Waals surface area contributed by atoms with E-state index in [4.69, 9.17) is 5.26 Å². The summed E-state index contributed by atoms with van der Waals surface area (Å²) >= 11 is 0. The number of amides is 1. The SMILES string of the molecule is Cc1cc(F)ccc1C(=O)NCc1cccc(C#N)c1. The van der Waals surface area contributed by atoms with Gasteiger partial charge in [-0.05, 0) is 48.4 Å². The summed E-state index contributed by atoms with van der Waals surface area (Å²) in [7, 11) is 0. The highest BCUT2D eigenvalue weighted by molar-refractivity contribution is 5.95.